The van der Waals surface area contributed by atoms with Gasteiger partial charge >= 0.3 is 0 Å². The summed E-state index contributed by atoms with van der Waals surface area (Å²) in [5, 5.41) is 3.55. The molecule has 4 heterocycles. The minimum absolute atomic E-state index is 0.705. The number of rotatable bonds is 3. The Morgan fingerprint density at radius 1 is 0.800 bits per heavy atom. The molecule has 1 spiro atoms. The van der Waals surface area contributed by atoms with E-state index in [0.717, 1.165) is 12.0 Å². The van der Waals surface area contributed by atoms with Gasteiger partial charge in [-0.05, 0) is 122 Å². The molecule has 4 heteroatoms. The summed E-state index contributed by atoms with van der Waals surface area (Å²) in [6.07, 6.45) is 11.4. The van der Waals surface area contributed by atoms with Crippen LogP contribution in [0, 0.1) is 11.3 Å². The fourth-order valence-corrected chi connectivity index (χ4v) is 5.90. The first kappa shape index (κ1) is 18.2. The molecule has 144 valence electrons. The zero-order chi connectivity index (χ0) is 17.1. The molecule has 4 saturated heterocycles. The summed E-state index contributed by atoms with van der Waals surface area (Å²) in [6.45, 7) is 12.0. The van der Waals surface area contributed by atoms with Crippen LogP contribution in [-0.4, -0.2) is 86.7 Å². The van der Waals surface area contributed by atoms with Crippen molar-refractivity contribution in [3.63, 3.8) is 0 Å². The first-order valence-electron chi connectivity index (χ1n) is 11.1. The average Bonchev–Trinajstić information content (AvgIpc) is 2.66. The lowest BCUT2D eigenvalue weighted by molar-refractivity contribution is 0.0248. The van der Waals surface area contributed by atoms with Gasteiger partial charge in [-0.3, -0.25) is 0 Å². The Kier molecular flexibility index (Phi) is 6.01. The van der Waals surface area contributed by atoms with Crippen LogP contribution in [0.5, 0.6) is 0 Å². The third kappa shape index (κ3) is 4.58. The standard InChI is InChI=1S/C21H40N4/c1-23-12-2-19(3-13-23)18-24-14-4-20(5-15-24)25-16-8-21(9-17-25)6-10-22-11-7-21/h19-20,22H,2-18H2,1H3. The highest BCUT2D eigenvalue weighted by molar-refractivity contribution is 4.92. The van der Waals surface area contributed by atoms with E-state index >= 15 is 0 Å². The molecule has 4 aliphatic heterocycles. The van der Waals surface area contributed by atoms with E-state index in [1.54, 1.807) is 0 Å². The van der Waals surface area contributed by atoms with Gasteiger partial charge in [0.2, 0.25) is 0 Å². The van der Waals surface area contributed by atoms with Crippen molar-refractivity contribution in [1.29, 1.82) is 0 Å². The van der Waals surface area contributed by atoms with Crippen molar-refractivity contribution in [2.75, 3.05) is 66.0 Å². The molecule has 0 aromatic carbocycles. The van der Waals surface area contributed by atoms with Crippen LogP contribution in [0.25, 0.3) is 0 Å². The third-order valence-electron chi connectivity index (χ3n) is 7.95. The number of likely N-dealkylation sites (tertiary alicyclic amines) is 3. The summed E-state index contributed by atoms with van der Waals surface area (Å²) in [5.74, 6) is 0.961. The van der Waals surface area contributed by atoms with E-state index in [1.165, 1.54) is 110 Å². The zero-order valence-electron chi connectivity index (χ0n) is 16.5. The normalized spacial score (nSPS) is 31.6. The summed E-state index contributed by atoms with van der Waals surface area (Å²) in [4.78, 5) is 8.14. The second-order valence-electron chi connectivity index (χ2n) is 9.56. The largest absolute Gasteiger partial charge is 0.317 e. The monoisotopic (exact) mass is 348 g/mol. The predicted octanol–water partition coefficient (Wildman–Crippen LogP) is 2.26. The lowest BCUT2D eigenvalue weighted by atomic mass is 9.71. The topological polar surface area (TPSA) is 21.8 Å². The molecule has 0 atom stereocenters. The Morgan fingerprint density at radius 2 is 1.44 bits per heavy atom. The smallest absolute Gasteiger partial charge is 0.0120 e. The lowest BCUT2D eigenvalue weighted by Gasteiger charge is -2.48. The summed E-state index contributed by atoms with van der Waals surface area (Å²) in [6, 6.07) is 0.882. The molecule has 0 bridgehead atoms. The SMILES string of the molecule is CN1CCC(CN2CCC(N3CCC4(CCNCC4)CC3)CC2)CC1. The molecule has 25 heavy (non-hydrogen) atoms. The van der Waals surface area contributed by atoms with Crippen molar-refractivity contribution in [3.8, 4) is 0 Å². The van der Waals surface area contributed by atoms with Crippen LogP contribution in [0.1, 0.15) is 51.4 Å². The summed E-state index contributed by atoms with van der Waals surface area (Å²) < 4.78 is 0. The Morgan fingerprint density at radius 3 is 2.08 bits per heavy atom. The molecule has 1 N–H and O–H groups in total. The van der Waals surface area contributed by atoms with Crippen LogP contribution in [0.3, 0.4) is 0 Å². The van der Waals surface area contributed by atoms with E-state index in [1.807, 2.05) is 0 Å². The van der Waals surface area contributed by atoms with Gasteiger partial charge in [0.05, 0.1) is 0 Å². The Hall–Kier alpha value is -0.160. The summed E-state index contributed by atoms with van der Waals surface area (Å²) >= 11 is 0. The van der Waals surface area contributed by atoms with Crippen molar-refractivity contribution in [2.24, 2.45) is 11.3 Å². The molecule has 0 aromatic heterocycles. The summed E-state index contributed by atoms with van der Waals surface area (Å²) in [7, 11) is 2.27. The van der Waals surface area contributed by atoms with Crippen LogP contribution in [0.15, 0.2) is 0 Å². The van der Waals surface area contributed by atoms with Gasteiger partial charge in [0.25, 0.3) is 0 Å². The van der Waals surface area contributed by atoms with E-state index in [0.29, 0.717) is 5.41 Å². The fraction of sp³-hybridized carbons (Fsp3) is 1.00. The van der Waals surface area contributed by atoms with Crippen molar-refractivity contribution >= 4 is 0 Å². The van der Waals surface area contributed by atoms with Gasteiger partial charge in [-0.25, -0.2) is 0 Å². The molecule has 0 unspecified atom stereocenters. The number of hydrogen-bond donors (Lipinski definition) is 1. The molecule has 4 fully saturated rings. The van der Waals surface area contributed by atoms with Gasteiger partial charge in [0.1, 0.15) is 0 Å². The van der Waals surface area contributed by atoms with Crippen molar-refractivity contribution in [3.05, 3.63) is 0 Å². The highest BCUT2D eigenvalue weighted by Crippen LogP contribution is 2.40. The number of nitrogens with zero attached hydrogens (tertiary/aromatic N) is 3. The second-order valence-corrected chi connectivity index (χ2v) is 9.56. The second kappa shape index (κ2) is 8.24. The minimum Gasteiger partial charge on any atom is -0.317 e. The maximum Gasteiger partial charge on any atom is 0.0120 e. The molecule has 0 amide bonds. The maximum absolute atomic E-state index is 3.55. The van der Waals surface area contributed by atoms with E-state index in [4.69, 9.17) is 0 Å². The molecule has 0 saturated carbocycles. The number of piperidine rings is 4. The highest BCUT2D eigenvalue weighted by atomic mass is 15.2. The van der Waals surface area contributed by atoms with Gasteiger partial charge in [-0.15, -0.1) is 0 Å². The number of hydrogen-bond acceptors (Lipinski definition) is 4. The van der Waals surface area contributed by atoms with E-state index in [-0.39, 0.29) is 0 Å². The van der Waals surface area contributed by atoms with Gasteiger partial charge < -0.3 is 20.0 Å². The minimum atomic E-state index is 0.705. The fourth-order valence-electron chi connectivity index (χ4n) is 5.90. The quantitative estimate of drug-likeness (QED) is 0.844. The van der Waals surface area contributed by atoms with Crippen LogP contribution in [0.4, 0.5) is 0 Å². The van der Waals surface area contributed by atoms with Crippen molar-refractivity contribution in [2.45, 2.75) is 57.4 Å². The van der Waals surface area contributed by atoms with Crippen LogP contribution in [0.2, 0.25) is 0 Å². The molecular weight excluding hydrogens is 308 g/mol. The van der Waals surface area contributed by atoms with Crippen LogP contribution < -0.4 is 5.32 Å². The predicted molar refractivity (Wildman–Crippen MR) is 105 cm³/mol. The molecule has 0 radical (unpaired) electrons. The average molecular weight is 349 g/mol. The maximum atomic E-state index is 3.55. The van der Waals surface area contributed by atoms with Gasteiger partial charge in [-0.1, -0.05) is 0 Å². The number of nitrogens with one attached hydrogen (secondary N) is 1. The van der Waals surface area contributed by atoms with Crippen molar-refractivity contribution < 1.29 is 0 Å². The molecular formula is C21H40N4. The Labute approximate surface area is 155 Å². The van der Waals surface area contributed by atoms with Gasteiger partial charge in [0, 0.05) is 12.6 Å². The van der Waals surface area contributed by atoms with E-state index in [2.05, 4.69) is 27.1 Å². The van der Waals surface area contributed by atoms with Crippen LogP contribution >= 0.6 is 0 Å². The third-order valence-corrected chi connectivity index (χ3v) is 7.95. The molecule has 4 rings (SSSR count). The first-order chi connectivity index (χ1) is 12.2. The zero-order valence-corrected chi connectivity index (χ0v) is 16.5. The van der Waals surface area contributed by atoms with Gasteiger partial charge in [-0.2, -0.15) is 0 Å². The van der Waals surface area contributed by atoms with Crippen molar-refractivity contribution in [1.82, 2.24) is 20.0 Å². The van der Waals surface area contributed by atoms with Crippen LogP contribution in [-0.2, 0) is 0 Å². The summed E-state index contributed by atoms with van der Waals surface area (Å²) in [5.41, 5.74) is 0.705. The molecule has 4 aliphatic rings. The first-order valence-corrected chi connectivity index (χ1v) is 11.1. The highest BCUT2D eigenvalue weighted by Gasteiger charge is 2.37. The van der Waals surface area contributed by atoms with E-state index in [9.17, 15) is 0 Å². The Balaban J connectivity index is 1.18. The molecule has 0 aromatic rings. The lowest BCUT2D eigenvalue weighted by Crippen LogP contribution is -2.52. The van der Waals surface area contributed by atoms with Gasteiger partial charge in [0.15, 0.2) is 0 Å². The molecule has 0 aliphatic carbocycles. The van der Waals surface area contributed by atoms with E-state index < -0.39 is 0 Å². The Bertz CT molecular complexity index is 394. The molecule has 4 nitrogen and oxygen atoms in total.